The maximum absolute atomic E-state index is 14.0. The number of amides is 2. The number of halogens is 1. The third kappa shape index (κ3) is 4.85. The summed E-state index contributed by atoms with van der Waals surface area (Å²) in [7, 11) is 1.80. The Morgan fingerprint density at radius 3 is 2.63 bits per heavy atom. The van der Waals surface area contributed by atoms with Gasteiger partial charge in [-0.3, -0.25) is 14.6 Å². The molecule has 2 saturated heterocycles. The van der Waals surface area contributed by atoms with Gasteiger partial charge < -0.3 is 26.2 Å². The Kier molecular flexibility index (Phi) is 7.84. The van der Waals surface area contributed by atoms with E-state index in [1.165, 1.54) is 31.9 Å². The van der Waals surface area contributed by atoms with Gasteiger partial charge in [-0.15, -0.1) is 0 Å². The maximum atomic E-state index is 14.0. The van der Waals surface area contributed by atoms with Gasteiger partial charge in [-0.25, -0.2) is 0 Å². The molecule has 204 valence electrons. The molecule has 0 aromatic heterocycles. The highest BCUT2D eigenvalue weighted by Gasteiger charge is 2.65. The van der Waals surface area contributed by atoms with Crippen LogP contribution in [0.3, 0.4) is 0 Å². The Hall–Kier alpha value is -2.81. The van der Waals surface area contributed by atoms with E-state index >= 15 is 0 Å². The molecular weight excluding hydrogens is 544 g/mol. The van der Waals surface area contributed by atoms with Gasteiger partial charge in [0.2, 0.25) is 5.91 Å². The number of benzene rings is 1. The highest BCUT2D eigenvalue weighted by Crippen LogP contribution is 2.62. The summed E-state index contributed by atoms with van der Waals surface area (Å²) in [6.45, 7) is 4.88. The Balaban J connectivity index is 1.30. The zero-order valence-electron chi connectivity index (χ0n) is 22.2. The van der Waals surface area contributed by atoms with E-state index in [2.05, 4.69) is 43.0 Å². The highest BCUT2D eigenvalue weighted by molar-refractivity contribution is 9.10. The van der Waals surface area contributed by atoms with Crippen molar-refractivity contribution in [1.82, 2.24) is 15.1 Å². The summed E-state index contributed by atoms with van der Waals surface area (Å²) in [5.41, 5.74) is 9.53. The van der Waals surface area contributed by atoms with E-state index in [-0.39, 0.29) is 24.3 Å². The first-order valence-corrected chi connectivity index (χ1v) is 14.6. The number of nitrogen functional groups attached to an aromatic ring is 1. The monoisotopic (exact) mass is 582 g/mol. The smallest absolute Gasteiger partial charge is 0.256 e. The fourth-order valence-electron chi connectivity index (χ4n) is 7.39. The summed E-state index contributed by atoms with van der Waals surface area (Å²) in [6.07, 6.45) is 14.2. The molecule has 2 unspecified atom stereocenters. The molecule has 2 heterocycles. The first-order chi connectivity index (χ1) is 18.4. The molecule has 0 radical (unpaired) electrons. The van der Waals surface area contributed by atoms with Crippen LogP contribution in [0.1, 0.15) is 68.1 Å². The summed E-state index contributed by atoms with van der Waals surface area (Å²) >= 11 is 3.56. The van der Waals surface area contributed by atoms with Gasteiger partial charge in [0.15, 0.2) is 0 Å². The molecule has 4 N–H and O–H groups in total. The van der Waals surface area contributed by atoms with Crippen LogP contribution >= 0.6 is 15.9 Å². The van der Waals surface area contributed by atoms with Gasteiger partial charge in [0, 0.05) is 72.7 Å². The number of nitrogens with one attached hydrogen (secondary N) is 2. The number of nitrogens with two attached hydrogens (primary N) is 1. The predicted octanol–water partition coefficient (Wildman–Crippen LogP) is 4.69. The van der Waals surface area contributed by atoms with Crippen molar-refractivity contribution in [2.45, 2.75) is 75.9 Å². The molecule has 38 heavy (non-hydrogen) atoms. The number of rotatable bonds is 8. The number of piperidine rings is 1. The van der Waals surface area contributed by atoms with Crippen LogP contribution in [0, 0.1) is 5.41 Å². The van der Waals surface area contributed by atoms with Crippen molar-refractivity contribution in [2.75, 3.05) is 31.2 Å². The molecule has 2 saturated carbocycles. The molecule has 8 nitrogen and oxygen atoms in total. The number of nitrogens with zero attached hydrogens (tertiary/aromatic N) is 3. The molecular formula is C29H39BrN6O2. The van der Waals surface area contributed by atoms with E-state index < -0.39 is 0 Å². The lowest BCUT2D eigenvalue weighted by molar-refractivity contribution is -0.131. The SMILES string of the molecule is C=CN=C/C(=C\CC(=O)N1CCC[C@@H](Nc2c(N)cc(Br)cc2C(=O)N2C3CCCC34CCCC24)C1)NC. The number of carbonyl (C=O) groups excluding carboxylic acids is 2. The first kappa shape index (κ1) is 26.8. The van der Waals surface area contributed by atoms with E-state index in [9.17, 15) is 9.59 Å². The average molecular weight is 584 g/mol. The van der Waals surface area contributed by atoms with Crippen LogP contribution in [-0.2, 0) is 4.79 Å². The van der Waals surface area contributed by atoms with E-state index in [0.717, 1.165) is 42.4 Å². The normalized spacial score (nSPS) is 28.6. The summed E-state index contributed by atoms with van der Waals surface area (Å²) in [6, 6.07) is 4.51. The quantitative estimate of drug-likeness (QED) is 0.305. The Labute approximate surface area is 233 Å². The molecule has 2 aliphatic heterocycles. The Morgan fingerprint density at radius 2 is 1.95 bits per heavy atom. The number of aliphatic imine (C=N–C) groups is 1. The lowest BCUT2D eigenvalue weighted by atomic mass is 9.68. The molecule has 4 aliphatic rings. The lowest BCUT2D eigenvalue weighted by Gasteiger charge is -2.58. The molecule has 0 bridgehead atoms. The highest BCUT2D eigenvalue weighted by atomic mass is 79.9. The fourth-order valence-corrected chi connectivity index (χ4v) is 7.86. The van der Waals surface area contributed by atoms with Gasteiger partial charge in [-0.05, 0) is 50.7 Å². The van der Waals surface area contributed by atoms with E-state index in [1.54, 1.807) is 13.3 Å². The minimum absolute atomic E-state index is 0.0197. The summed E-state index contributed by atoms with van der Waals surface area (Å²) < 4.78 is 0.807. The standard InChI is InChI=1S/C29H39BrN6O2/c1-3-33-17-20(32-2)10-11-26(37)35-14-6-7-21(18-35)34-27-22(15-19(30)16-23(27)31)28(38)36-24-8-4-12-29(24)13-5-9-25(29)36/h3,10,15-17,21,24-25,32,34H,1,4-9,11-14,18,31H2,2H3/b20-10+,33-17?/t21-,24?,25?,29?/m1/s1. The number of hydrogen-bond donors (Lipinski definition) is 3. The maximum Gasteiger partial charge on any atom is 0.256 e. The van der Waals surface area contributed by atoms with Crippen LogP contribution in [0.4, 0.5) is 11.4 Å². The topological polar surface area (TPSA) is 103 Å². The number of allylic oxidation sites excluding steroid dienone is 1. The minimum Gasteiger partial charge on any atom is -0.397 e. The molecule has 1 aromatic rings. The summed E-state index contributed by atoms with van der Waals surface area (Å²) in [5.74, 6) is 0.153. The number of likely N-dealkylation sites (tertiary alicyclic amines) is 2. The van der Waals surface area contributed by atoms with Gasteiger partial charge in [0.1, 0.15) is 0 Å². The number of carbonyl (C=O) groups is 2. The number of anilines is 2. The van der Waals surface area contributed by atoms with Crippen LogP contribution in [0.25, 0.3) is 0 Å². The Bertz CT molecular complexity index is 1140. The van der Waals surface area contributed by atoms with E-state index in [0.29, 0.717) is 41.0 Å². The third-order valence-electron chi connectivity index (χ3n) is 9.06. The zero-order valence-corrected chi connectivity index (χ0v) is 23.8. The molecule has 2 aliphatic carbocycles. The zero-order chi connectivity index (χ0) is 26.9. The molecule has 5 rings (SSSR count). The van der Waals surface area contributed by atoms with Crippen molar-refractivity contribution in [1.29, 1.82) is 0 Å². The van der Waals surface area contributed by atoms with Crippen molar-refractivity contribution < 1.29 is 9.59 Å². The summed E-state index contributed by atoms with van der Waals surface area (Å²) in [5, 5.41) is 6.63. The second kappa shape index (κ2) is 11.1. The predicted molar refractivity (Wildman–Crippen MR) is 156 cm³/mol. The van der Waals surface area contributed by atoms with Gasteiger partial charge in [0.25, 0.3) is 5.91 Å². The minimum atomic E-state index is 0.0197. The summed E-state index contributed by atoms with van der Waals surface area (Å²) in [4.78, 5) is 35.1. The third-order valence-corrected chi connectivity index (χ3v) is 9.52. The second-order valence-electron chi connectivity index (χ2n) is 11.1. The number of hydrogen-bond acceptors (Lipinski definition) is 6. The lowest BCUT2D eigenvalue weighted by Crippen LogP contribution is -2.68. The second-order valence-corrected chi connectivity index (χ2v) is 12.0. The van der Waals surface area contributed by atoms with Crippen LogP contribution in [-0.4, -0.2) is 66.1 Å². The molecule has 1 spiro atoms. The largest absolute Gasteiger partial charge is 0.397 e. The van der Waals surface area contributed by atoms with Gasteiger partial charge in [0.05, 0.1) is 16.9 Å². The average Bonchev–Trinajstić information content (AvgIpc) is 3.45. The fraction of sp³-hybridized carbons (Fsp3) is 0.552. The van der Waals surface area contributed by atoms with Crippen molar-refractivity contribution in [3.8, 4) is 0 Å². The van der Waals surface area contributed by atoms with Crippen LogP contribution < -0.4 is 16.4 Å². The molecule has 4 fully saturated rings. The molecule has 3 atom stereocenters. The van der Waals surface area contributed by atoms with Crippen LogP contribution in [0.2, 0.25) is 0 Å². The van der Waals surface area contributed by atoms with Crippen molar-refractivity contribution >= 4 is 45.3 Å². The van der Waals surface area contributed by atoms with Crippen molar-refractivity contribution in [2.24, 2.45) is 10.4 Å². The molecule has 2 amide bonds. The van der Waals surface area contributed by atoms with Gasteiger partial charge in [-0.1, -0.05) is 41.4 Å². The first-order valence-electron chi connectivity index (χ1n) is 13.9. The van der Waals surface area contributed by atoms with Crippen LogP contribution in [0.15, 0.2) is 46.1 Å². The molecule has 1 aromatic carbocycles. The van der Waals surface area contributed by atoms with E-state index in [4.69, 9.17) is 5.73 Å². The van der Waals surface area contributed by atoms with Crippen molar-refractivity contribution in [3.63, 3.8) is 0 Å². The van der Waals surface area contributed by atoms with Gasteiger partial charge >= 0.3 is 0 Å². The molecule has 9 heteroatoms. The van der Waals surface area contributed by atoms with E-state index in [1.807, 2.05) is 23.1 Å². The Morgan fingerprint density at radius 1 is 1.21 bits per heavy atom. The van der Waals surface area contributed by atoms with Crippen molar-refractivity contribution in [3.05, 3.63) is 46.7 Å². The van der Waals surface area contributed by atoms with Crippen LogP contribution in [0.5, 0.6) is 0 Å². The van der Waals surface area contributed by atoms with Gasteiger partial charge in [-0.2, -0.15) is 0 Å².